The molecule has 16 heavy (non-hydrogen) atoms. The van der Waals surface area contributed by atoms with Crippen LogP contribution < -0.4 is 5.32 Å². The van der Waals surface area contributed by atoms with E-state index in [2.05, 4.69) is 12.2 Å². The highest BCUT2D eigenvalue weighted by Gasteiger charge is 2.17. The van der Waals surface area contributed by atoms with Crippen LogP contribution in [0.15, 0.2) is 34.9 Å². The number of benzene rings is 1. The Morgan fingerprint density at radius 1 is 1.38 bits per heavy atom. The highest BCUT2D eigenvalue weighted by molar-refractivity contribution is 5.77. The monoisotopic (exact) mass is 219 g/mol. The van der Waals surface area contributed by atoms with Crippen molar-refractivity contribution in [1.82, 2.24) is 5.32 Å². The zero-order valence-corrected chi connectivity index (χ0v) is 9.60. The highest BCUT2D eigenvalue weighted by Crippen LogP contribution is 2.24. The van der Waals surface area contributed by atoms with Crippen LogP contribution in [0.25, 0.3) is 11.0 Å². The summed E-state index contributed by atoms with van der Waals surface area (Å²) in [5, 5.41) is 13.7. The van der Waals surface area contributed by atoms with Crippen molar-refractivity contribution in [2.24, 2.45) is 0 Å². The van der Waals surface area contributed by atoms with Gasteiger partial charge in [-0.1, -0.05) is 12.1 Å². The summed E-state index contributed by atoms with van der Waals surface area (Å²) in [5.41, 5.74) is 1.98. The van der Waals surface area contributed by atoms with Gasteiger partial charge in [-0.25, -0.2) is 0 Å². The zero-order valence-electron chi connectivity index (χ0n) is 9.60. The van der Waals surface area contributed by atoms with Crippen molar-refractivity contribution in [1.29, 1.82) is 0 Å². The molecule has 0 saturated carbocycles. The van der Waals surface area contributed by atoms with Gasteiger partial charge in [-0.2, -0.15) is 0 Å². The molecule has 0 aliphatic rings. The van der Waals surface area contributed by atoms with Crippen LogP contribution in [-0.4, -0.2) is 24.8 Å². The van der Waals surface area contributed by atoms with Gasteiger partial charge in [-0.05, 0) is 31.7 Å². The van der Waals surface area contributed by atoms with Crippen molar-refractivity contribution < 1.29 is 9.52 Å². The van der Waals surface area contributed by atoms with Gasteiger partial charge in [0.25, 0.3) is 0 Å². The first-order valence-corrected chi connectivity index (χ1v) is 5.51. The van der Waals surface area contributed by atoms with Crippen LogP contribution in [0.3, 0.4) is 0 Å². The summed E-state index contributed by atoms with van der Waals surface area (Å²) >= 11 is 0. The van der Waals surface area contributed by atoms with Gasteiger partial charge >= 0.3 is 0 Å². The van der Waals surface area contributed by atoms with Gasteiger partial charge in [-0.3, -0.25) is 0 Å². The molecular formula is C13H17NO2. The average molecular weight is 219 g/mol. The van der Waals surface area contributed by atoms with Crippen LogP contribution in [0.4, 0.5) is 0 Å². The summed E-state index contributed by atoms with van der Waals surface area (Å²) in [6.07, 6.45) is 1.68. The summed E-state index contributed by atoms with van der Waals surface area (Å²) < 4.78 is 5.36. The fraction of sp³-hybridized carbons (Fsp3) is 0.385. The molecule has 0 fully saturated rings. The molecule has 0 aliphatic carbocycles. The maximum atomic E-state index is 9.43. The molecule has 0 spiro atoms. The van der Waals surface area contributed by atoms with Gasteiger partial charge in [0.1, 0.15) is 5.58 Å². The van der Waals surface area contributed by atoms with Crippen LogP contribution in [0.2, 0.25) is 0 Å². The SMILES string of the molecule is CN[C@H](C)[C@H](CO)c1ccc2ccoc2c1. The quantitative estimate of drug-likeness (QED) is 0.828. The maximum absolute atomic E-state index is 9.43. The minimum Gasteiger partial charge on any atom is -0.464 e. The molecule has 1 aromatic carbocycles. The van der Waals surface area contributed by atoms with E-state index in [1.807, 2.05) is 31.3 Å². The number of nitrogens with one attached hydrogen (secondary N) is 1. The second kappa shape index (κ2) is 4.68. The Kier molecular flexibility index (Phi) is 3.27. The van der Waals surface area contributed by atoms with Gasteiger partial charge in [0.2, 0.25) is 0 Å². The minimum atomic E-state index is 0.0968. The zero-order chi connectivity index (χ0) is 11.5. The lowest BCUT2D eigenvalue weighted by molar-refractivity contribution is 0.243. The molecule has 3 heteroatoms. The Morgan fingerprint density at radius 2 is 2.19 bits per heavy atom. The third-order valence-electron chi connectivity index (χ3n) is 3.16. The summed E-state index contributed by atoms with van der Waals surface area (Å²) in [6, 6.07) is 8.25. The Labute approximate surface area is 95.1 Å². The first-order chi connectivity index (χ1) is 7.76. The normalized spacial score (nSPS) is 15.2. The number of rotatable bonds is 4. The summed E-state index contributed by atoms with van der Waals surface area (Å²) in [5.74, 6) is 0.0968. The first-order valence-electron chi connectivity index (χ1n) is 5.51. The molecule has 2 aromatic rings. The lowest BCUT2D eigenvalue weighted by Crippen LogP contribution is -2.30. The number of hydrogen-bond acceptors (Lipinski definition) is 3. The molecule has 0 saturated heterocycles. The number of aliphatic hydroxyl groups is 1. The van der Waals surface area contributed by atoms with Crippen molar-refractivity contribution in [2.75, 3.05) is 13.7 Å². The smallest absolute Gasteiger partial charge is 0.134 e. The number of likely N-dealkylation sites (N-methyl/N-ethyl adjacent to an activating group) is 1. The molecule has 2 N–H and O–H groups in total. The van der Waals surface area contributed by atoms with Crippen molar-refractivity contribution in [3.63, 3.8) is 0 Å². The van der Waals surface area contributed by atoms with E-state index in [4.69, 9.17) is 4.42 Å². The van der Waals surface area contributed by atoms with E-state index >= 15 is 0 Å². The van der Waals surface area contributed by atoms with Gasteiger partial charge < -0.3 is 14.8 Å². The van der Waals surface area contributed by atoms with Crippen molar-refractivity contribution in [3.05, 3.63) is 36.1 Å². The predicted octanol–water partition coefficient (Wildman–Crippen LogP) is 2.12. The minimum absolute atomic E-state index is 0.0968. The van der Waals surface area contributed by atoms with Gasteiger partial charge in [0.15, 0.2) is 0 Å². The molecule has 0 bridgehead atoms. The second-order valence-corrected chi connectivity index (χ2v) is 4.08. The van der Waals surface area contributed by atoms with Gasteiger partial charge in [-0.15, -0.1) is 0 Å². The van der Waals surface area contributed by atoms with E-state index in [-0.39, 0.29) is 18.6 Å². The summed E-state index contributed by atoms with van der Waals surface area (Å²) in [4.78, 5) is 0. The van der Waals surface area contributed by atoms with E-state index in [1.165, 1.54) is 0 Å². The molecule has 3 nitrogen and oxygen atoms in total. The highest BCUT2D eigenvalue weighted by atomic mass is 16.3. The largest absolute Gasteiger partial charge is 0.464 e. The molecule has 0 radical (unpaired) electrons. The van der Waals surface area contributed by atoms with E-state index in [0.29, 0.717) is 0 Å². The fourth-order valence-corrected chi connectivity index (χ4v) is 1.96. The molecule has 1 aromatic heterocycles. The van der Waals surface area contributed by atoms with Crippen LogP contribution in [0.1, 0.15) is 18.4 Å². The Bertz CT molecular complexity index is 464. The van der Waals surface area contributed by atoms with E-state index in [1.54, 1.807) is 6.26 Å². The van der Waals surface area contributed by atoms with Crippen molar-refractivity contribution >= 4 is 11.0 Å². The van der Waals surface area contributed by atoms with Crippen LogP contribution in [0, 0.1) is 0 Å². The van der Waals surface area contributed by atoms with Gasteiger partial charge in [0.05, 0.1) is 12.9 Å². The number of aliphatic hydroxyl groups excluding tert-OH is 1. The maximum Gasteiger partial charge on any atom is 0.134 e. The average Bonchev–Trinajstić information content (AvgIpc) is 2.77. The molecule has 2 atom stereocenters. The molecule has 0 aliphatic heterocycles. The van der Waals surface area contributed by atoms with E-state index in [0.717, 1.165) is 16.5 Å². The molecular weight excluding hydrogens is 202 g/mol. The van der Waals surface area contributed by atoms with Gasteiger partial charge in [0, 0.05) is 17.3 Å². The molecule has 86 valence electrons. The van der Waals surface area contributed by atoms with Crippen LogP contribution in [0.5, 0.6) is 0 Å². The Morgan fingerprint density at radius 3 is 2.88 bits per heavy atom. The number of furan rings is 1. The standard InChI is InChI=1S/C13H17NO2/c1-9(14-2)12(8-15)11-4-3-10-5-6-16-13(10)7-11/h3-7,9,12,14-15H,8H2,1-2H3/t9-,12+/m1/s1. The third kappa shape index (κ3) is 1.96. The summed E-state index contributed by atoms with van der Waals surface area (Å²) in [7, 11) is 1.90. The number of fused-ring (bicyclic) bond motifs is 1. The Balaban J connectivity index is 2.36. The van der Waals surface area contributed by atoms with E-state index < -0.39 is 0 Å². The van der Waals surface area contributed by atoms with E-state index in [9.17, 15) is 5.11 Å². The van der Waals surface area contributed by atoms with Crippen molar-refractivity contribution in [2.45, 2.75) is 18.9 Å². The second-order valence-electron chi connectivity index (χ2n) is 4.08. The molecule has 1 heterocycles. The lowest BCUT2D eigenvalue weighted by atomic mass is 9.93. The summed E-state index contributed by atoms with van der Waals surface area (Å²) in [6.45, 7) is 2.20. The first kappa shape index (κ1) is 11.2. The third-order valence-corrected chi connectivity index (χ3v) is 3.16. The fourth-order valence-electron chi connectivity index (χ4n) is 1.96. The van der Waals surface area contributed by atoms with Crippen LogP contribution in [-0.2, 0) is 0 Å². The lowest BCUT2D eigenvalue weighted by Gasteiger charge is -2.21. The van der Waals surface area contributed by atoms with Crippen LogP contribution >= 0.6 is 0 Å². The topological polar surface area (TPSA) is 45.4 Å². The van der Waals surface area contributed by atoms with Crippen molar-refractivity contribution in [3.8, 4) is 0 Å². The Hall–Kier alpha value is -1.32. The molecule has 0 amide bonds. The molecule has 2 rings (SSSR count). The predicted molar refractivity (Wildman–Crippen MR) is 64.6 cm³/mol. The number of hydrogen-bond donors (Lipinski definition) is 2. The molecule has 0 unspecified atom stereocenters.